The van der Waals surface area contributed by atoms with Gasteiger partial charge in [-0.25, -0.2) is 4.79 Å². The molecule has 1 amide bonds. The van der Waals surface area contributed by atoms with Crippen molar-refractivity contribution in [2.75, 3.05) is 26.2 Å². The smallest absolute Gasteiger partial charge is 0.407 e. The van der Waals surface area contributed by atoms with Crippen LogP contribution in [0, 0.1) is 10.5 Å². The standard InChI is InChI=1S/C19H22IN3O4/c1-13-3-2-4-14(9-13)10-23-12-16(20)15(17(24)18(23)25)11-21-5-7-22(8-6-21)19(26)27/h2-4,9,12,24H,5-8,10-11H2,1H3,(H,26,27). The topological polar surface area (TPSA) is 86.0 Å². The number of aryl methyl sites for hydroxylation is 1. The van der Waals surface area contributed by atoms with E-state index in [1.54, 1.807) is 6.20 Å². The Morgan fingerprint density at radius 2 is 1.89 bits per heavy atom. The number of benzene rings is 1. The highest BCUT2D eigenvalue weighted by Crippen LogP contribution is 2.22. The predicted molar refractivity (Wildman–Crippen MR) is 110 cm³/mol. The Labute approximate surface area is 171 Å². The summed E-state index contributed by atoms with van der Waals surface area (Å²) in [6, 6.07) is 7.93. The lowest BCUT2D eigenvalue weighted by Gasteiger charge is -2.33. The van der Waals surface area contributed by atoms with Crippen molar-refractivity contribution in [1.29, 1.82) is 0 Å². The second-order valence-electron chi connectivity index (χ2n) is 6.77. The molecule has 1 aliphatic heterocycles. The summed E-state index contributed by atoms with van der Waals surface area (Å²) in [5.74, 6) is -0.227. The number of rotatable bonds is 4. The second-order valence-corrected chi connectivity index (χ2v) is 7.93. The zero-order valence-electron chi connectivity index (χ0n) is 15.1. The van der Waals surface area contributed by atoms with Crippen LogP contribution in [0.25, 0.3) is 0 Å². The summed E-state index contributed by atoms with van der Waals surface area (Å²) >= 11 is 2.14. The Bertz CT molecular complexity index is 904. The lowest BCUT2D eigenvalue weighted by Crippen LogP contribution is -2.48. The summed E-state index contributed by atoms with van der Waals surface area (Å²) in [7, 11) is 0. The molecule has 0 spiro atoms. The van der Waals surface area contributed by atoms with Crippen LogP contribution in [0.4, 0.5) is 4.79 Å². The molecule has 1 aromatic carbocycles. The molecule has 0 bridgehead atoms. The van der Waals surface area contributed by atoms with E-state index in [-0.39, 0.29) is 5.75 Å². The molecule has 2 N–H and O–H groups in total. The number of aromatic hydroxyl groups is 1. The summed E-state index contributed by atoms with van der Waals surface area (Å²) in [5, 5.41) is 19.5. The van der Waals surface area contributed by atoms with Crippen LogP contribution in [0.15, 0.2) is 35.3 Å². The van der Waals surface area contributed by atoms with Crippen LogP contribution in [-0.4, -0.2) is 56.9 Å². The molecule has 0 unspecified atom stereocenters. The monoisotopic (exact) mass is 483 g/mol. The van der Waals surface area contributed by atoms with E-state index >= 15 is 0 Å². The zero-order valence-corrected chi connectivity index (χ0v) is 17.2. The molecular formula is C19H22IN3O4. The van der Waals surface area contributed by atoms with Gasteiger partial charge in [0.2, 0.25) is 0 Å². The number of hydrogen-bond acceptors (Lipinski definition) is 4. The quantitative estimate of drug-likeness (QED) is 0.653. The number of aromatic nitrogens is 1. The predicted octanol–water partition coefficient (Wildman–Crippen LogP) is 2.31. The van der Waals surface area contributed by atoms with Crippen molar-refractivity contribution in [1.82, 2.24) is 14.4 Å². The minimum absolute atomic E-state index is 0.227. The summed E-state index contributed by atoms with van der Waals surface area (Å²) in [4.78, 5) is 27.1. The van der Waals surface area contributed by atoms with E-state index in [1.807, 2.05) is 31.2 Å². The van der Waals surface area contributed by atoms with E-state index in [1.165, 1.54) is 9.47 Å². The molecule has 1 fully saturated rings. The highest BCUT2D eigenvalue weighted by molar-refractivity contribution is 14.1. The van der Waals surface area contributed by atoms with Crippen LogP contribution in [0.3, 0.4) is 0 Å². The van der Waals surface area contributed by atoms with Gasteiger partial charge in [-0.1, -0.05) is 29.8 Å². The number of pyridine rings is 1. The SMILES string of the molecule is Cc1cccc(Cn2cc(I)c(CN3CCN(C(=O)O)CC3)c(O)c2=O)c1. The third-order valence-corrected chi connectivity index (χ3v) is 5.70. The van der Waals surface area contributed by atoms with Crippen LogP contribution in [0.2, 0.25) is 0 Å². The first-order valence-electron chi connectivity index (χ1n) is 8.71. The Balaban J connectivity index is 1.77. The van der Waals surface area contributed by atoms with E-state index in [4.69, 9.17) is 5.11 Å². The number of halogens is 1. The van der Waals surface area contributed by atoms with Crippen LogP contribution in [0.5, 0.6) is 5.75 Å². The lowest BCUT2D eigenvalue weighted by atomic mass is 10.1. The average Bonchev–Trinajstić information content (AvgIpc) is 2.63. The van der Waals surface area contributed by atoms with Gasteiger partial charge in [0.25, 0.3) is 5.56 Å². The molecule has 0 saturated carbocycles. The van der Waals surface area contributed by atoms with Crippen molar-refractivity contribution in [3.63, 3.8) is 0 Å². The maximum atomic E-state index is 12.6. The fourth-order valence-electron chi connectivity index (χ4n) is 3.25. The van der Waals surface area contributed by atoms with Gasteiger partial charge in [-0.3, -0.25) is 9.69 Å². The van der Waals surface area contributed by atoms with Gasteiger partial charge >= 0.3 is 6.09 Å². The molecular weight excluding hydrogens is 461 g/mol. The maximum Gasteiger partial charge on any atom is 0.407 e. The molecule has 2 aromatic rings. The molecule has 0 aliphatic carbocycles. The van der Waals surface area contributed by atoms with E-state index in [2.05, 4.69) is 27.5 Å². The van der Waals surface area contributed by atoms with Crippen molar-refractivity contribution < 1.29 is 15.0 Å². The molecule has 0 atom stereocenters. The fourth-order valence-corrected chi connectivity index (χ4v) is 4.01. The van der Waals surface area contributed by atoms with Gasteiger partial charge in [0.1, 0.15) is 0 Å². The molecule has 27 heavy (non-hydrogen) atoms. The van der Waals surface area contributed by atoms with Gasteiger partial charge < -0.3 is 19.7 Å². The van der Waals surface area contributed by atoms with Gasteiger partial charge in [-0.05, 0) is 35.1 Å². The number of amides is 1. The van der Waals surface area contributed by atoms with E-state index in [0.717, 1.165) is 14.7 Å². The third kappa shape index (κ3) is 4.62. The highest BCUT2D eigenvalue weighted by atomic mass is 127. The van der Waals surface area contributed by atoms with Crippen LogP contribution in [0.1, 0.15) is 16.7 Å². The van der Waals surface area contributed by atoms with E-state index in [9.17, 15) is 14.7 Å². The van der Waals surface area contributed by atoms with Gasteiger partial charge in [-0.15, -0.1) is 0 Å². The van der Waals surface area contributed by atoms with E-state index < -0.39 is 11.7 Å². The number of piperazine rings is 1. The van der Waals surface area contributed by atoms with Crippen molar-refractivity contribution >= 4 is 28.7 Å². The van der Waals surface area contributed by atoms with Crippen molar-refractivity contribution in [2.24, 2.45) is 0 Å². The number of carboxylic acid groups (broad SMARTS) is 1. The minimum atomic E-state index is -0.911. The van der Waals surface area contributed by atoms with Crippen molar-refractivity contribution in [3.8, 4) is 5.75 Å². The van der Waals surface area contributed by atoms with Crippen LogP contribution in [-0.2, 0) is 13.1 Å². The largest absolute Gasteiger partial charge is 0.503 e. The Kier molecular flexibility index (Phi) is 6.05. The van der Waals surface area contributed by atoms with Gasteiger partial charge in [-0.2, -0.15) is 0 Å². The molecule has 3 rings (SSSR count). The van der Waals surface area contributed by atoms with Crippen molar-refractivity contribution in [2.45, 2.75) is 20.0 Å². The fraction of sp³-hybridized carbons (Fsp3) is 0.368. The van der Waals surface area contributed by atoms with Crippen LogP contribution < -0.4 is 5.56 Å². The lowest BCUT2D eigenvalue weighted by molar-refractivity contribution is 0.102. The molecule has 1 saturated heterocycles. The molecule has 144 valence electrons. The normalized spacial score (nSPS) is 15.1. The summed E-state index contributed by atoms with van der Waals surface area (Å²) < 4.78 is 2.34. The maximum absolute atomic E-state index is 12.6. The third-order valence-electron chi connectivity index (χ3n) is 4.77. The zero-order chi connectivity index (χ0) is 19.6. The molecule has 1 aromatic heterocycles. The van der Waals surface area contributed by atoms with Crippen LogP contribution >= 0.6 is 22.6 Å². The summed E-state index contributed by atoms with van der Waals surface area (Å²) in [6.45, 7) is 4.84. The number of hydrogen-bond donors (Lipinski definition) is 2. The first kappa shape index (κ1) is 19.7. The first-order valence-corrected chi connectivity index (χ1v) is 9.79. The van der Waals surface area contributed by atoms with Gasteiger partial charge in [0, 0.05) is 48.1 Å². The molecule has 7 nitrogen and oxygen atoms in total. The Morgan fingerprint density at radius 3 is 2.52 bits per heavy atom. The Hall–Kier alpha value is -2.07. The molecule has 8 heteroatoms. The number of nitrogens with zero attached hydrogens (tertiary/aromatic N) is 3. The highest BCUT2D eigenvalue weighted by Gasteiger charge is 2.23. The number of carbonyl (C=O) groups is 1. The molecule has 1 aliphatic rings. The van der Waals surface area contributed by atoms with Gasteiger partial charge in [0.05, 0.1) is 6.54 Å². The summed E-state index contributed by atoms with van der Waals surface area (Å²) in [5.41, 5.74) is 2.32. The summed E-state index contributed by atoms with van der Waals surface area (Å²) in [6.07, 6.45) is 0.860. The second kappa shape index (κ2) is 8.30. The van der Waals surface area contributed by atoms with Crippen molar-refractivity contribution in [3.05, 3.63) is 61.1 Å². The first-order chi connectivity index (χ1) is 12.8. The average molecular weight is 483 g/mol. The molecule has 2 heterocycles. The minimum Gasteiger partial charge on any atom is -0.503 e. The van der Waals surface area contributed by atoms with E-state index in [0.29, 0.717) is 44.8 Å². The molecule has 0 radical (unpaired) electrons. The van der Waals surface area contributed by atoms with Gasteiger partial charge in [0.15, 0.2) is 5.75 Å². The Morgan fingerprint density at radius 1 is 1.19 bits per heavy atom.